The largest absolute Gasteiger partial charge is 0.512 e. The van der Waals surface area contributed by atoms with Crippen LogP contribution in [-0.4, -0.2) is 11.1 Å². The molecule has 1 aromatic carbocycles. The van der Waals surface area contributed by atoms with Crippen LogP contribution in [0.3, 0.4) is 0 Å². The molecule has 1 atom stereocenters. The summed E-state index contributed by atoms with van der Waals surface area (Å²) >= 11 is 0. The van der Waals surface area contributed by atoms with Gasteiger partial charge in [-0.2, -0.15) is 0 Å². The monoisotopic (exact) mass is 204 g/mol. The molecule has 0 spiro atoms. The Bertz CT molecular complexity index is 408. The van der Waals surface area contributed by atoms with Gasteiger partial charge in [0.2, 0.25) is 0 Å². The van der Waals surface area contributed by atoms with Crippen LogP contribution >= 0.6 is 0 Å². The van der Waals surface area contributed by atoms with Crippen molar-refractivity contribution in [2.45, 2.75) is 18.9 Å². The molecular formula is C12H12O3. The van der Waals surface area contributed by atoms with E-state index in [9.17, 15) is 9.90 Å². The highest BCUT2D eigenvalue weighted by Gasteiger charge is 2.35. The predicted molar refractivity (Wildman–Crippen MR) is 55.2 cm³/mol. The van der Waals surface area contributed by atoms with Crippen LogP contribution in [-0.2, 0) is 15.1 Å². The van der Waals surface area contributed by atoms with Crippen molar-refractivity contribution in [2.75, 3.05) is 0 Å². The van der Waals surface area contributed by atoms with E-state index in [-0.39, 0.29) is 5.76 Å². The predicted octanol–water partition coefficient (Wildman–Crippen LogP) is 2.29. The van der Waals surface area contributed by atoms with Crippen molar-refractivity contribution in [3.8, 4) is 0 Å². The number of carbonyl (C=O) groups excluding carboxylic acids is 1. The van der Waals surface area contributed by atoms with Crippen LogP contribution in [0.25, 0.3) is 0 Å². The number of hydrogen-bond donors (Lipinski definition) is 1. The molecule has 1 aliphatic rings. The van der Waals surface area contributed by atoms with E-state index in [4.69, 9.17) is 4.74 Å². The minimum atomic E-state index is -0.753. The Hall–Kier alpha value is -1.77. The van der Waals surface area contributed by atoms with E-state index < -0.39 is 11.6 Å². The fourth-order valence-corrected chi connectivity index (χ4v) is 1.77. The summed E-state index contributed by atoms with van der Waals surface area (Å²) in [5.41, 5.74) is 0.134. The number of hydrogen-bond acceptors (Lipinski definition) is 3. The average molecular weight is 204 g/mol. The lowest BCUT2D eigenvalue weighted by Crippen LogP contribution is -2.32. The molecule has 1 aliphatic heterocycles. The van der Waals surface area contributed by atoms with Gasteiger partial charge in [-0.15, -0.1) is 0 Å². The molecule has 1 unspecified atom stereocenters. The van der Waals surface area contributed by atoms with Gasteiger partial charge >= 0.3 is 5.97 Å². The zero-order valence-electron chi connectivity index (χ0n) is 8.43. The summed E-state index contributed by atoms with van der Waals surface area (Å²) in [7, 11) is 0. The Kier molecular flexibility index (Phi) is 2.23. The molecule has 3 nitrogen and oxygen atoms in total. The van der Waals surface area contributed by atoms with Gasteiger partial charge in [0.15, 0.2) is 0 Å². The number of ether oxygens (including phenoxy) is 1. The molecular weight excluding hydrogens is 192 g/mol. The number of aliphatic hydroxyl groups excluding tert-OH is 1. The van der Waals surface area contributed by atoms with Crippen LogP contribution < -0.4 is 0 Å². The molecule has 0 amide bonds. The van der Waals surface area contributed by atoms with Gasteiger partial charge in [0, 0.05) is 6.42 Å². The van der Waals surface area contributed by atoms with Crippen molar-refractivity contribution in [3.05, 3.63) is 47.7 Å². The first-order chi connectivity index (χ1) is 7.10. The standard InChI is InChI=1S/C12H12O3/c1-12(9-5-3-2-4-6-9)8-10(13)7-11(14)15-12/h2-7,13H,8H2,1H3. The first kappa shape index (κ1) is 9.77. The topological polar surface area (TPSA) is 46.5 Å². The van der Waals surface area contributed by atoms with E-state index in [0.29, 0.717) is 6.42 Å². The van der Waals surface area contributed by atoms with Gasteiger partial charge in [-0.1, -0.05) is 30.3 Å². The normalized spacial score (nSPS) is 25.7. The number of esters is 1. The Morgan fingerprint density at radius 3 is 2.60 bits per heavy atom. The second kappa shape index (κ2) is 3.42. The molecule has 0 aliphatic carbocycles. The fourth-order valence-electron chi connectivity index (χ4n) is 1.77. The molecule has 0 radical (unpaired) electrons. The number of carbonyl (C=O) groups is 1. The van der Waals surface area contributed by atoms with Crippen LogP contribution in [0.2, 0.25) is 0 Å². The van der Waals surface area contributed by atoms with Gasteiger partial charge < -0.3 is 9.84 Å². The first-order valence-electron chi connectivity index (χ1n) is 4.78. The summed E-state index contributed by atoms with van der Waals surface area (Å²) in [6, 6.07) is 9.42. The Balaban J connectivity index is 2.37. The van der Waals surface area contributed by atoms with Crippen molar-refractivity contribution < 1.29 is 14.6 Å². The highest BCUT2D eigenvalue weighted by atomic mass is 16.6. The number of cyclic esters (lactones) is 1. The van der Waals surface area contributed by atoms with Gasteiger partial charge in [-0.25, -0.2) is 4.79 Å². The van der Waals surface area contributed by atoms with Gasteiger partial charge in [0.1, 0.15) is 11.4 Å². The molecule has 1 N–H and O–H groups in total. The van der Waals surface area contributed by atoms with Crippen molar-refractivity contribution >= 4 is 5.97 Å². The number of benzene rings is 1. The van der Waals surface area contributed by atoms with Gasteiger partial charge in [0.25, 0.3) is 0 Å². The second-order valence-corrected chi connectivity index (χ2v) is 3.83. The maximum atomic E-state index is 11.2. The average Bonchev–Trinajstić information content (AvgIpc) is 2.17. The van der Waals surface area contributed by atoms with Gasteiger partial charge in [-0.3, -0.25) is 0 Å². The summed E-state index contributed by atoms with van der Waals surface area (Å²) in [5, 5.41) is 9.44. The molecule has 0 saturated carbocycles. The summed E-state index contributed by atoms with van der Waals surface area (Å²) in [6.07, 6.45) is 1.44. The Morgan fingerprint density at radius 2 is 2.00 bits per heavy atom. The van der Waals surface area contributed by atoms with E-state index >= 15 is 0 Å². The zero-order chi connectivity index (χ0) is 10.9. The van der Waals surface area contributed by atoms with Crippen LogP contribution in [0.1, 0.15) is 18.9 Å². The summed E-state index contributed by atoms with van der Waals surface area (Å²) in [6.45, 7) is 1.80. The van der Waals surface area contributed by atoms with Gasteiger partial charge in [-0.05, 0) is 12.5 Å². The van der Waals surface area contributed by atoms with Crippen LogP contribution in [0, 0.1) is 0 Å². The van der Waals surface area contributed by atoms with E-state index in [1.54, 1.807) is 6.92 Å². The number of aliphatic hydroxyl groups is 1. The maximum absolute atomic E-state index is 11.2. The summed E-state index contributed by atoms with van der Waals surface area (Å²) < 4.78 is 5.25. The molecule has 1 aromatic rings. The molecule has 3 heteroatoms. The highest BCUT2D eigenvalue weighted by Crippen LogP contribution is 2.34. The maximum Gasteiger partial charge on any atom is 0.335 e. The van der Waals surface area contributed by atoms with Crippen molar-refractivity contribution in [1.29, 1.82) is 0 Å². The number of rotatable bonds is 1. The minimum absolute atomic E-state index is 0.0672. The second-order valence-electron chi connectivity index (χ2n) is 3.83. The lowest BCUT2D eigenvalue weighted by atomic mass is 9.90. The molecule has 0 fully saturated rings. The molecule has 1 heterocycles. The first-order valence-corrected chi connectivity index (χ1v) is 4.78. The van der Waals surface area contributed by atoms with Crippen LogP contribution in [0.5, 0.6) is 0 Å². The molecule has 78 valence electrons. The minimum Gasteiger partial charge on any atom is -0.512 e. The third-order valence-electron chi connectivity index (χ3n) is 2.51. The van der Waals surface area contributed by atoms with Gasteiger partial charge in [0.05, 0.1) is 6.08 Å². The Morgan fingerprint density at radius 1 is 1.33 bits per heavy atom. The zero-order valence-corrected chi connectivity index (χ0v) is 8.43. The van der Waals surface area contributed by atoms with E-state index in [2.05, 4.69) is 0 Å². The quantitative estimate of drug-likeness (QED) is 0.714. The molecule has 2 rings (SSSR count). The van der Waals surface area contributed by atoms with Crippen LogP contribution in [0.15, 0.2) is 42.2 Å². The Labute approximate surface area is 88.0 Å². The lowest BCUT2D eigenvalue weighted by Gasteiger charge is -2.32. The molecule has 0 bridgehead atoms. The molecule has 15 heavy (non-hydrogen) atoms. The van der Waals surface area contributed by atoms with E-state index in [0.717, 1.165) is 11.6 Å². The highest BCUT2D eigenvalue weighted by molar-refractivity contribution is 5.83. The van der Waals surface area contributed by atoms with Crippen LogP contribution in [0.4, 0.5) is 0 Å². The third kappa shape index (κ3) is 1.86. The van der Waals surface area contributed by atoms with Crippen molar-refractivity contribution in [1.82, 2.24) is 0 Å². The lowest BCUT2D eigenvalue weighted by molar-refractivity contribution is -0.156. The van der Waals surface area contributed by atoms with E-state index in [1.807, 2.05) is 30.3 Å². The summed E-state index contributed by atoms with van der Waals surface area (Å²) in [4.78, 5) is 11.2. The molecule has 0 aromatic heterocycles. The van der Waals surface area contributed by atoms with Crippen molar-refractivity contribution in [2.24, 2.45) is 0 Å². The van der Waals surface area contributed by atoms with Crippen molar-refractivity contribution in [3.63, 3.8) is 0 Å². The third-order valence-corrected chi connectivity index (χ3v) is 2.51. The molecule has 0 saturated heterocycles. The SMILES string of the molecule is CC1(c2ccccc2)CC(O)=CC(=O)O1. The van der Waals surface area contributed by atoms with E-state index in [1.165, 1.54) is 0 Å². The fraction of sp³-hybridized carbons (Fsp3) is 0.250. The smallest absolute Gasteiger partial charge is 0.335 e. The summed E-state index contributed by atoms with van der Waals surface area (Å²) in [5.74, 6) is -0.428.